The van der Waals surface area contributed by atoms with Crippen molar-refractivity contribution in [2.45, 2.75) is 26.4 Å². The molecule has 0 bridgehead atoms. The molecule has 0 unspecified atom stereocenters. The molecule has 1 rings (SSSR count). The van der Waals surface area contributed by atoms with Crippen molar-refractivity contribution in [2.24, 2.45) is 0 Å². The van der Waals surface area contributed by atoms with Crippen LogP contribution in [0.15, 0.2) is 0 Å². The Morgan fingerprint density at radius 1 is 1.54 bits per heavy atom. The van der Waals surface area contributed by atoms with Gasteiger partial charge in [0.1, 0.15) is 0 Å². The van der Waals surface area contributed by atoms with Gasteiger partial charge in [-0.15, -0.1) is 0 Å². The van der Waals surface area contributed by atoms with Gasteiger partial charge in [0.25, 0.3) is 0 Å². The predicted octanol–water partition coefficient (Wildman–Crippen LogP) is 1.13. The molecule has 1 heterocycles. The highest BCUT2D eigenvalue weighted by Gasteiger charge is 2.15. The minimum absolute atomic E-state index is 0.404. The standard InChI is InChI=1S/C10H21NO2/c1-3-12-7-4-5-11-6-8-13-10(2)9-11/h10H,3-9H2,1-2H3/t10-/m1/s1. The number of nitrogens with zero attached hydrogens (tertiary/aromatic N) is 1. The molecule has 1 atom stereocenters. The summed E-state index contributed by atoms with van der Waals surface area (Å²) in [6, 6.07) is 0. The molecule has 0 aliphatic carbocycles. The van der Waals surface area contributed by atoms with Crippen molar-refractivity contribution in [1.82, 2.24) is 4.90 Å². The smallest absolute Gasteiger partial charge is 0.0674 e. The first kappa shape index (κ1) is 11.0. The van der Waals surface area contributed by atoms with Crippen molar-refractivity contribution in [3.05, 3.63) is 0 Å². The van der Waals surface area contributed by atoms with Gasteiger partial charge >= 0.3 is 0 Å². The van der Waals surface area contributed by atoms with Crippen LogP contribution in [0.5, 0.6) is 0 Å². The molecule has 0 spiro atoms. The van der Waals surface area contributed by atoms with Crippen LogP contribution in [-0.4, -0.2) is 50.5 Å². The molecule has 0 N–H and O–H groups in total. The number of ether oxygens (including phenoxy) is 2. The normalized spacial score (nSPS) is 24.9. The second-order valence-corrected chi connectivity index (χ2v) is 3.53. The minimum atomic E-state index is 0.404. The maximum Gasteiger partial charge on any atom is 0.0674 e. The van der Waals surface area contributed by atoms with E-state index < -0.39 is 0 Å². The van der Waals surface area contributed by atoms with Crippen molar-refractivity contribution in [1.29, 1.82) is 0 Å². The molecule has 1 aliphatic rings. The molecular weight excluding hydrogens is 166 g/mol. The molecule has 0 amide bonds. The van der Waals surface area contributed by atoms with E-state index in [2.05, 4.69) is 11.8 Å². The zero-order valence-corrected chi connectivity index (χ0v) is 8.79. The number of rotatable bonds is 5. The van der Waals surface area contributed by atoms with Gasteiger partial charge in [-0.2, -0.15) is 0 Å². The molecule has 1 fully saturated rings. The molecule has 1 saturated heterocycles. The van der Waals surface area contributed by atoms with Crippen molar-refractivity contribution in [2.75, 3.05) is 39.5 Å². The molecule has 3 nitrogen and oxygen atoms in total. The van der Waals surface area contributed by atoms with Crippen LogP contribution in [0, 0.1) is 0 Å². The lowest BCUT2D eigenvalue weighted by Crippen LogP contribution is -2.41. The maximum absolute atomic E-state index is 5.46. The van der Waals surface area contributed by atoms with Gasteiger partial charge in [-0.05, 0) is 20.3 Å². The van der Waals surface area contributed by atoms with Crippen molar-refractivity contribution in [3.8, 4) is 0 Å². The Balaban J connectivity index is 2.00. The molecule has 0 radical (unpaired) electrons. The zero-order chi connectivity index (χ0) is 9.52. The summed E-state index contributed by atoms with van der Waals surface area (Å²) in [6.45, 7) is 10.1. The van der Waals surface area contributed by atoms with Crippen LogP contribution >= 0.6 is 0 Å². The van der Waals surface area contributed by atoms with Gasteiger partial charge in [0.05, 0.1) is 12.7 Å². The number of morpholine rings is 1. The Labute approximate surface area is 81.0 Å². The first-order valence-electron chi connectivity index (χ1n) is 5.24. The highest BCUT2D eigenvalue weighted by Crippen LogP contribution is 2.04. The summed E-state index contributed by atoms with van der Waals surface area (Å²) in [6.07, 6.45) is 1.54. The van der Waals surface area contributed by atoms with Gasteiger partial charge in [0, 0.05) is 32.8 Å². The fraction of sp³-hybridized carbons (Fsp3) is 1.00. The van der Waals surface area contributed by atoms with Crippen molar-refractivity contribution >= 4 is 0 Å². The van der Waals surface area contributed by atoms with Gasteiger partial charge < -0.3 is 9.47 Å². The van der Waals surface area contributed by atoms with Crippen LogP contribution < -0.4 is 0 Å². The lowest BCUT2D eigenvalue weighted by Gasteiger charge is -2.30. The van der Waals surface area contributed by atoms with Crippen LogP contribution in [0.1, 0.15) is 20.3 Å². The first-order valence-corrected chi connectivity index (χ1v) is 5.24. The lowest BCUT2D eigenvalue weighted by molar-refractivity contribution is -0.0206. The van der Waals surface area contributed by atoms with E-state index in [0.29, 0.717) is 6.10 Å². The Morgan fingerprint density at radius 3 is 3.08 bits per heavy atom. The van der Waals surface area contributed by atoms with E-state index in [1.165, 1.54) is 0 Å². The number of hydrogen-bond acceptors (Lipinski definition) is 3. The van der Waals surface area contributed by atoms with E-state index in [9.17, 15) is 0 Å². The molecule has 0 aromatic heterocycles. The largest absolute Gasteiger partial charge is 0.382 e. The molecule has 0 aromatic carbocycles. The zero-order valence-electron chi connectivity index (χ0n) is 8.79. The monoisotopic (exact) mass is 187 g/mol. The Bertz CT molecular complexity index is 130. The summed E-state index contributed by atoms with van der Waals surface area (Å²) < 4.78 is 10.8. The third-order valence-electron chi connectivity index (χ3n) is 2.29. The first-order chi connectivity index (χ1) is 6.33. The minimum Gasteiger partial charge on any atom is -0.382 e. The van der Waals surface area contributed by atoms with Crippen LogP contribution in [0.2, 0.25) is 0 Å². The highest BCUT2D eigenvalue weighted by molar-refractivity contribution is 4.67. The van der Waals surface area contributed by atoms with Crippen molar-refractivity contribution in [3.63, 3.8) is 0 Å². The fourth-order valence-electron chi connectivity index (χ4n) is 1.63. The van der Waals surface area contributed by atoms with Gasteiger partial charge in [-0.3, -0.25) is 4.90 Å². The fourth-order valence-corrected chi connectivity index (χ4v) is 1.63. The van der Waals surface area contributed by atoms with Gasteiger partial charge in [-0.25, -0.2) is 0 Å². The van der Waals surface area contributed by atoms with E-state index in [-0.39, 0.29) is 0 Å². The summed E-state index contributed by atoms with van der Waals surface area (Å²) in [7, 11) is 0. The molecule has 78 valence electrons. The van der Waals surface area contributed by atoms with Crippen LogP contribution in [-0.2, 0) is 9.47 Å². The lowest BCUT2D eigenvalue weighted by atomic mass is 10.3. The van der Waals surface area contributed by atoms with Gasteiger partial charge in [0.15, 0.2) is 0 Å². The third-order valence-corrected chi connectivity index (χ3v) is 2.29. The number of hydrogen-bond donors (Lipinski definition) is 0. The van der Waals surface area contributed by atoms with E-state index in [0.717, 1.165) is 45.9 Å². The average Bonchev–Trinajstić information content (AvgIpc) is 2.13. The highest BCUT2D eigenvalue weighted by atomic mass is 16.5. The van der Waals surface area contributed by atoms with E-state index in [1.807, 2.05) is 6.92 Å². The molecule has 13 heavy (non-hydrogen) atoms. The molecule has 0 saturated carbocycles. The average molecular weight is 187 g/mol. The van der Waals surface area contributed by atoms with Crippen LogP contribution in [0.4, 0.5) is 0 Å². The van der Waals surface area contributed by atoms with E-state index >= 15 is 0 Å². The van der Waals surface area contributed by atoms with Crippen molar-refractivity contribution < 1.29 is 9.47 Å². The summed E-state index contributed by atoms with van der Waals surface area (Å²) in [4.78, 5) is 2.45. The second-order valence-electron chi connectivity index (χ2n) is 3.53. The summed E-state index contributed by atoms with van der Waals surface area (Å²) >= 11 is 0. The molecule has 0 aromatic rings. The summed E-state index contributed by atoms with van der Waals surface area (Å²) in [5, 5.41) is 0. The van der Waals surface area contributed by atoms with Gasteiger partial charge in [0.2, 0.25) is 0 Å². The van der Waals surface area contributed by atoms with Crippen LogP contribution in [0.25, 0.3) is 0 Å². The molecule has 3 heteroatoms. The SMILES string of the molecule is CCOCCCN1CCO[C@H](C)C1. The topological polar surface area (TPSA) is 21.7 Å². The maximum atomic E-state index is 5.46. The molecular formula is C10H21NO2. The van der Waals surface area contributed by atoms with Crippen LogP contribution in [0.3, 0.4) is 0 Å². The van der Waals surface area contributed by atoms with E-state index in [1.54, 1.807) is 0 Å². The Hall–Kier alpha value is -0.120. The summed E-state index contributed by atoms with van der Waals surface area (Å²) in [5.74, 6) is 0. The third kappa shape index (κ3) is 4.60. The Kier molecular flexibility index (Phi) is 5.35. The molecule has 1 aliphatic heterocycles. The van der Waals surface area contributed by atoms with Gasteiger partial charge in [-0.1, -0.05) is 0 Å². The predicted molar refractivity (Wildman–Crippen MR) is 53.0 cm³/mol. The Morgan fingerprint density at radius 2 is 2.38 bits per heavy atom. The van der Waals surface area contributed by atoms with E-state index in [4.69, 9.17) is 9.47 Å². The second kappa shape index (κ2) is 6.35. The quantitative estimate of drug-likeness (QED) is 0.602. The summed E-state index contributed by atoms with van der Waals surface area (Å²) in [5.41, 5.74) is 0.